The van der Waals surface area contributed by atoms with Crippen molar-refractivity contribution in [1.82, 2.24) is 14.7 Å². The lowest BCUT2D eigenvalue weighted by Crippen LogP contribution is -2.48. The first kappa shape index (κ1) is 17.5. The molecular formula is C19H27N3O4. The molecule has 4 rings (SSSR count). The number of nitrogens with zero attached hydrogens (tertiary/aromatic N) is 3. The largest absolute Gasteiger partial charge is 0.467 e. The molecule has 1 aromatic rings. The third kappa shape index (κ3) is 3.25. The van der Waals surface area contributed by atoms with Crippen LogP contribution >= 0.6 is 0 Å². The number of carbonyl (C=O) groups excluding carboxylic acids is 2. The highest BCUT2D eigenvalue weighted by Gasteiger charge is 2.48. The van der Waals surface area contributed by atoms with E-state index in [9.17, 15) is 9.59 Å². The van der Waals surface area contributed by atoms with Gasteiger partial charge in [-0.3, -0.25) is 14.5 Å². The molecule has 0 bridgehead atoms. The zero-order valence-corrected chi connectivity index (χ0v) is 15.4. The van der Waals surface area contributed by atoms with Crippen LogP contribution in [0.15, 0.2) is 16.7 Å². The van der Waals surface area contributed by atoms with Crippen LogP contribution in [0, 0.1) is 5.41 Å². The Bertz CT molecular complexity index is 682. The van der Waals surface area contributed by atoms with E-state index in [1.165, 1.54) is 0 Å². The molecule has 3 aliphatic heterocycles. The molecule has 0 aromatic carbocycles. The molecule has 3 aliphatic rings. The van der Waals surface area contributed by atoms with Gasteiger partial charge >= 0.3 is 0 Å². The molecular weight excluding hydrogens is 334 g/mol. The summed E-state index contributed by atoms with van der Waals surface area (Å²) in [5, 5.41) is 0. The quantitative estimate of drug-likeness (QED) is 0.809. The fourth-order valence-corrected chi connectivity index (χ4v) is 4.43. The molecule has 0 aliphatic carbocycles. The molecule has 0 unspecified atom stereocenters. The van der Waals surface area contributed by atoms with Gasteiger partial charge < -0.3 is 19.0 Å². The van der Waals surface area contributed by atoms with Crippen molar-refractivity contribution in [2.75, 3.05) is 53.0 Å². The number of hydrogen-bond acceptors (Lipinski definition) is 5. The van der Waals surface area contributed by atoms with E-state index in [1.54, 1.807) is 6.26 Å². The number of hydrogen-bond donors (Lipinski definition) is 0. The maximum absolute atomic E-state index is 12.9. The monoisotopic (exact) mass is 361 g/mol. The molecule has 2 amide bonds. The Kier molecular flexibility index (Phi) is 4.75. The maximum atomic E-state index is 12.9. The lowest BCUT2D eigenvalue weighted by atomic mass is 9.78. The van der Waals surface area contributed by atoms with Crippen LogP contribution in [0.5, 0.6) is 0 Å². The lowest BCUT2D eigenvalue weighted by Gasteiger charge is -2.37. The van der Waals surface area contributed by atoms with Gasteiger partial charge in [-0.25, -0.2) is 0 Å². The van der Waals surface area contributed by atoms with E-state index in [1.807, 2.05) is 22.9 Å². The highest BCUT2D eigenvalue weighted by Crippen LogP contribution is 2.40. The third-order valence-corrected chi connectivity index (χ3v) is 5.97. The second kappa shape index (κ2) is 7.04. The number of morpholine rings is 1. The summed E-state index contributed by atoms with van der Waals surface area (Å²) in [6, 6.07) is 1.84. The molecule has 142 valence electrons. The highest BCUT2D eigenvalue weighted by molar-refractivity contribution is 5.95. The fraction of sp³-hybridized carbons (Fsp3) is 0.684. The van der Waals surface area contributed by atoms with Crippen LogP contribution in [-0.4, -0.2) is 79.5 Å². The summed E-state index contributed by atoms with van der Waals surface area (Å²) >= 11 is 0. The molecule has 0 radical (unpaired) electrons. The molecule has 4 heterocycles. The van der Waals surface area contributed by atoms with Gasteiger partial charge in [0.2, 0.25) is 5.91 Å². The van der Waals surface area contributed by atoms with E-state index in [2.05, 4.69) is 4.90 Å². The van der Waals surface area contributed by atoms with Crippen molar-refractivity contribution in [2.24, 2.45) is 5.41 Å². The van der Waals surface area contributed by atoms with E-state index in [0.29, 0.717) is 25.2 Å². The summed E-state index contributed by atoms with van der Waals surface area (Å²) in [7, 11) is 1.86. The maximum Gasteiger partial charge on any atom is 0.257 e. The lowest BCUT2D eigenvalue weighted by molar-refractivity contribution is -0.143. The van der Waals surface area contributed by atoms with Crippen LogP contribution in [0.2, 0.25) is 0 Å². The highest BCUT2D eigenvalue weighted by atomic mass is 16.5. The van der Waals surface area contributed by atoms with Crippen LogP contribution in [0.1, 0.15) is 35.4 Å². The first-order chi connectivity index (χ1) is 12.6. The molecule has 1 spiro atoms. The Morgan fingerprint density at radius 3 is 2.81 bits per heavy atom. The number of rotatable bonds is 3. The van der Waals surface area contributed by atoms with Crippen molar-refractivity contribution in [3.05, 3.63) is 23.7 Å². The number of furan rings is 1. The summed E-state index contributed by atoms with van der Waals surface area (Å²) < 4.78 is 11.0. The minimum Gasteiger partial charge on any atom is -0.467 e. The first-order valence-electron chi connectivity index (χ1n) is 9.50. The molecule has 3 fully saturated rings. The second-order valence-corrected chi connectivity index (χ2v) is 7.78. The average Bonchev–Trinajstić information content (AvgIpc) is 3.28. The zero-order valence-electron chi connectivity index (χ0n) is 15.4. The van der Waals surface area contributed by atoms with E-state index in [4.69, 9.17) is 9.15 Å². The fourth-order valence-electron chi connectivity index (χ4n) is 4.43. The predicted molar refractivity (Wildman–Crippen MR) is 94.6 cm³/mol. The van der Waals surface area contributed by atoms with Gasteiger partial charge in [-0.05, 0) is 25.3 Å². The van der Waals surface area contributed by atoms with E-state index < -0.39 is 0 Å². The number of ether oxygens (including phenoxy) is 1. The van der Waals surface area contributed by atoms with Gasteiger partial charge in [0.05, 0.1) is 30.7 Å². The zero-order chi connectivity index (χ0) is 18.1. The SMILES string of the molecule is CN1CCC[C@]2(CCN(C(=O)c3coc(CN4CCOCC4)c3)C2)C1=O. The molecule has 1 aromatic heterocycles. The van der Waals surface area contributed by atoms with Crippen LogP contribution < -0.4 is 0 Å². The van der Waals surface area contributed by atoms with E-state index in [0.717, 1.165) is 57.9 Å². The molecule has 7 heteroatoms. The molecule has 7 nitrogen and oxygen atoms in total. The number of piperidine rings is 1. The summed E-state index contributed by atoms with van der Waals surface area (Å²) in [5.41, 5.74) is 0.213. The summed E-state index contributed by atoms with van der Waals surface area (Å²) in [4.78, 5) is 31.4. The minimum atomic E-state index is -0.372. The normalized spacial score (nSPS) is 27.5. The van der Waals surface area contributed by atoms with Crippen molar-refractivity contribution in [3.63, 3.8) is 0 Å². The molecule has 1 atom stereocenters. The van der Waals surface area contributed by atoms with Gasteiger partial charge in [-0.2, -0.15) is 0 Å². The minimum absolute atomic E-state index is 0.0279. The molecule has 26 heavy (non-hydrogen) atoms. The van der Waals surface area contributed by atoms with Crippen molar-refractivity contribution >= 4 is 11.8 Å². The second-order valence-electron chi connectivity index (χ2n) is 7.78. The van der Waals surface area contributed by atoms with Crippen LogP contribution in [0.3, 0.4) is 0 Å². The van der Waals surface area contributed by atoms with Crippen molar-refractivity contribution < 1.29 is 18.7 Å². The topological polar surface area (TPSA) is 66.2 Å². The molecule has 3 saturated heterocycles. The van der Waals surface area contributed by atoms with Crippen molar-refractivity contribution in [1.29, 1.82) is 0 Å². The van der Waals surface area contributed by atoms with Gasteiger partial charge in [0.1, 0.15) is 12.0 Å². The Morgan fingerprint density at radius 2 is 2.00 bits per heavy atom. The van der Waals surface area contributed by atoms with Crippen LogP contribution in [0.4, 0.5) is 0 Å². The third-order valence-electron chi connectivity index (χ3n) is 5.97. The molecule has 0 saturated carbocycles. The summed E-state index contributed by atoms with van der Waals surface area (Å²) in [6.07, 6.45) is 4.21. The van der Waals surface area contributed by atoms with Gasteiger partial charge in [0.15, 0.2) is 0 Å². The predicted octanol–water partition coefficient (Wildman–Crippen LogP) is 1.20. The van der Waals surface area contributed by atoms with Crippen molar-refractivity contribution in [2.45, 2.75) is 25.8 Å². The Hall–Kier alpha value is -1.86. The summed E-state index contributed by atoms with van der Waals surface area (Å²) in [5.74, 6) is 0.969. The van der Waals surface area contributed by atoms with Gasteiger partial charge in [-0.15, -0.1) is 0 Å². The Balaban J connectivity index is 1.40. The average molecular weight is 361 g/mol. The van der Waals surface area contributed by atoms with E-state index in [-0.39, 0.29) is 17.2 Å². The Morgan fingerprint density at radius 1 is 1.19 bits per heavy atom. The Labute approximate surface area is 153 Å². The standard InChI is InChI=1S/C19H27N3O4/c1-20-5-2-3-19(18(20)24)4-6-22(14-19)17(23)15-11-16(26-13-15)12-21-7-9-25-10-8-21/h11,13H,2-10,12,14H2,1H3/t19-/m1/s1. The smallest absolute Gasteiger partial charge is 0.257 e. The van der Waals surface area contributed by atoms with Crippen LogP contribution in [0.25, 0.3) is 0 Å². The molecule has 0 N–H and O–H groups in total. The first-order valence-corrected chi connectivity index (χ1v) is 9.50. The van der Waals surface area contributed by atoms with Gasteiger partial charge in [0.25, 0.3) is 5.91 Å². The number of carbonyl (C=O) groups is 2. The number of likely N-dealkylation sites (tertiary alicyclic amines) is 2. The summed E-state index contributed by atoms with van der Waals surface area (Å²) in [6.45, 7) is 5.94. The van der Waals surface area contributed by atoms with Gasteiger partial charge in [0, 0.05) is 39.8 Å². The van der Waals surface area contributed by atoms with Crippen molar-refractivity contribution in [3.8, 4) is 0 Å². The van der Waals surface area contributed by atoms with E-state index >= 15 is 0 Å². The number of amides is 2. The van der Waals surface area contributed by atoms with Gasteiger partial charge in [-0.1, -0.05) is 0 Å². The van der Waals surface area contributed by atoms with Crippen LogP contribution in [-0.2, 0) is 16.1 Å².